The third kappa shape index (κ3) is 5.06. The molecule has 174 valence electrons. The molecule has 0 unspecified atom stereocenters. The standard InChI is InChI=1S/C26H30ClN3O3/c1-4-17(2)33-24-21(27)14-18(15-23(24)32-3)16-28-30-25(19-10-6-5-7-11-19)29-22-13-9-8-12-20(22)26(30)31/h8-9,12-17,19H,4-7,10-11H2,1-3H3/t17-/m0/s1. The number of hydrogen-bond donors (Lipinski definition) is 0. The first-order valence-electron chi connectivity index (χ1n) is 11.6. The number of para-hydroxylation sites is 1. The highest BCUT2D eigenvalue weighted by molar-refractivity contribution is 6.32. The molecule has 1 aromatic heterocycles. The lowest BCUT2D eigenvalue weighted by molar-refractivity contribution is 0.208. The number of hydrogen-bond acceptors (Lipinski definition) is 5. The molecule has 33 heavy (non-hydrogen) atoms. The van der Waals surface area contributed by atoms with Crippen LogP contribution >= 0.6 is 11.6 Å². The average molecular weight is 468 g/mol. The van der Waals surface area contributed by atoms with Gasteiger partial charge in [-0.05, 0) is 56.0 Å². The van der Waals surface area contributed by atoms with E-state index in [9.17, 15) is 4.79 Å². The summed E-state index contributed by atoms with van der Waals surface area (Å²) >= 11 is 6.51. The highest BCUT2D eigenvalue weighted by Gasteiger charge is 2.22. The summed E-state index contributed by atoms with van der Waals surface area (Å²) in [7, 11) is 1.58. The van der Waals surface area contributed by atoms with Crippen molar-refractivity contribution in [3.8, 4) is 11.5 Å². The first kappa shape index (κ1) is 23.3. The number of nitrogens with zero attached hydrogens (tertiary/aromatic N) is 3. The van der Waals surface area contributed by atoms with Crippen molar-refractivity contribution in [1.82, 2.24) is 9.66 Å². The summed E-state index contributed by atoms with van der Waals surface area (Å²) in [5.74, 6) is 1.99. The molecule has 1 saturated carbocycles. The summed E-state index contributed by atoms with van der Waals surface area (Å²) in [5, 5.41) is 5.58. The first-order chi connectivity index (χ1) is 16.0. The minimum absolute atomic E-state index is 0.0104. The van der Waals surface area contributed by atoms with E-state index >= 15 is 0 Å². The van der Waals surface area contributed by atoms with Crippen molar-refractivity contribution in [3.63, 3.8) is 0 Å². The van der Waals surface area contributed by atoms with Crippen molar-refractivity contribution in [2.45, 2.75) is 64.4 Å². The van der Waals surface area contributed by atoms with E-state index in [0.29, 0.717) is 33.0 Å². The summed E-state index contributed by atoms with van der Waals surface area (Å²) in [4.78, 5) is 18.2. The van der Waals surface area contributed by atoms with Gasteiger partial charge in [0.1, 0.15) is 5.82 Å². The van der Waals surface area contributed by atoms with Gasteiger partial charge in [0.2, 0.25) is 0 Å². The SMILES string of the molecule is CC[C@H](C)Oc1c(Cl)cc(C=Nn2c(C3CCCCC3)nc3ccccc3c2=O)cc1OC. The summed E-state index contributed by atoms with van der Waals surface area (Å²) in [5.41, 5.74) is 1.26. The number of benzene rings is 2. The maximum Gasteiger partial charge on any atom is 0.282 e. The molecule has 7 heteroatoms. The molecular formula is C26H30ClN3O3. The average Bonchev–Trinajstić information content (AvgIpc) is 2.85. The molecule has 4 rings (SSSR count). The predicted molar refractivity (Wildman–Crippen MR) is 133 cm³/mol. The molecular weight excluding hydrogens is 438 g/mol. The number of fused-ring (bicyclic) bond motifs is 1. The molecule has 0 aliphatic heterocycles. The molecule has 1 fully saturated rings. The van der Waals surface area contributed by atoms with Gasteiger partial charge in [0.15, 0.2) is 11.5 Å². The Morgan fingerprint density at radius 1 is 1.24 bits per heavy atom. The Labute approximate surface area is 199 Å². The first-order valence-corrected chi connectivity index (χ1v) is 12.0. The quantitative estimate of drug-likeness (QED) is 0.390. The highest BCUT2D eigenvalue weighted by atomic mass is 35.5. The minimum Gasteiger partial charge on any atom is -0.493 e. The van der Waals surface area contributed by atoms with Crippen LogP contribution in [0.2, 0.25) is 5.02 Å². The van der Waals surface area contributed by atoms with E-state index in [1.165, 1.54) is 11.1 Å². The third-order valence-electron chi connectivity index (χ3n) is 6.22. The van der Waals surface area contributed by atoms with E-state index in [1.54, 1.807) is 25.5 Å². The topological polar surface area (TPSA) is 65.7 Å². The summed E-state index contributed by atoms with van der Waals surface area (Å²) < 4.78 is 12.9. The molecule has 3 aromatic rings. The molecule has 0 N–H and O–H groups in total. The van der Waals surface area contributed by atoms with E-state index in [-0.39, 0.29) is 17.6 Å². The van der Waals surface area contributed by atoms with Gasteiger partial charge in [0.25, 0.3) is 5.56 Å². The van der Waals surface area contributed by atoms with Gasteiger partial charge < -0.3 is 9.47 Å². The van der Waals surface area contributed by atoms with Gasteiger partial charge in [-0.15, -0.1) is 0 Å². The summed E-state index contributed by atoms with van der Waals surface area (Å²) in [6.07, 6.45) is 8.03. The van der Waals surface area contributed by atoms with Crippen LogP contribution in [0, 0.1) is 0 Å². The van der Waals surface area contributed by atoms with Gasteiger partial charge in [-0.25, -0.2) is 4.98 Å². The largest absolute Gasteiger partial charge is 0.493 e. The van der Waals surface area contributed by atoms with Crippen molar-refractivity contribution in [2.24, 2.45) is 5.10 Å². The zero-order chi connectivity index (χ0) is 23.4. The third-order valence-corrected chi connectivity index (χ3v) is 6.50. The van der Waals surface area contributed by atoms with Crippen LogP contribution in [0.15, 0.2) is 46.3 Å². The van der Waals surface area contributed by atoms with Crippen LogP contribution in [0.25, 0.3) is 10.9 Å². The Hall–Kier alpha value is -2.86. The maximum absolute atomic E-state index is 13.4. The highest BCUT2D eigenvalue weighted by Crippen LogP contribution is 2.37. The normalized spacial score (nSPS) is 15.8. The van der Waals surface area contributed by atoms with Crippen LogP contribution in [-0.4, -0.2) is 29.1 Å². The smallest absolute Gasteiger partial charge is 0.282 e. The van der Waals surface area contributed by atoms with Crippen LogP contribution in [0.3, 0.4) is 0 Å². The van der Waals surface area contributed by atoms with Crippen LogP contribution in [0.1, 0.15) is 69.7 Å². The fourth-order valence-corrected chi connectivity index (χ4v) is 4.48. The number of ether oxygens (including phenoxy) is 2. The van der Waals surface area contributed by atoms with Crippen molar-refractivity contribution in [2.75, 3.05) is 7.11 Å². The molecule has 0 radical (unpaired) electrons. The molecule has 0 saturated heterocycles. The van der Waals surface area contributed by atoms with Crippen molar-refractivity contribution >= 4 is 28.7 Å². The fourth-order valence-electron chi connectivity index (χ4n) is 4.22. The van der Waals surface area contributed by atoms with Gasteiger partial charge in [0, 0.05) is 5.92 Å². The van der Waals surface area contributed by atoms with E-state index in [0.717, 1.165) is 37.9 Å². The molecule has 1 heterocycles. The molecule has 1 aliphatic carbocycles. The number of rotatable bonds is 7. The summed E-state index contributed by atoms with van der Waals surface area (Å²) in [6, 6.07) is 11.0. The van der Waals surface area contributed by atoms with Crippen LogP contribution in [0.5, 0.6) is 11.5 Å². The minimum atomic E-state index is -0.160. The van der Waals surface area contributed by atoms with Gasteiger partial charge >= 0.3 is 0 Å². The molecule has 0 amide bonds. The Kier molecular flexibility index (Phi) is 7.33. The Morgan fingerprint density at radius 2 is 2.00 bits per heavy atom. The zero-order valence-electron chi connectivity index (χ0n) is 19.4. The molecule has 1 aliphatic rings. The van der Waals surface area contributed by atoms with Gasteiger partial charge in [-0.2, -0.15) is 9.78 Å². The van der Waals surface area contributed by atoms with Gasteiger partial charge in [-0.3, -0.25) is 4.79 Å². The Balaban J connectivity index is 1.76. The van der Waals surface area contributed by atoms with Crippen LogP contribution < -0.4 is 15.0 Å². The second kappa shape index (κ2) is 10.4. The van der Waals surface area contributed by atoms with E-state index in [1.807, 2.05) is 38.1 Å². The number of halogens is 1. The van der Waals surface area contributed by atoms with E-state index in [4.69, 9.17) is 26.1 Å². The second-order valence-corrected chi connectivity index (χ2v) is 8.96. The predicted octanol–water partition coefficient (Wildman–Crippen LogP) is 6.17. The van der Waals surface area contributed by atoms with Crippen molar-refractivity contribution in [3.05, 3.63) is 63.2 Å². The lowest BCUT2D eigenvalue weighted by Crippen LogP contribution is -2.25. The fraction of sp³-hybridized carbons (Fsp3) is 0.423. The van der Waals surface area contributed by atoms with Crippen LogP contribution in [-0.2, 0) is 0 Å². The molecule has 0 spiro atoms. The summed E-state index contributed by atoms with van der Waals surface area (Å²) in [6.45, 7) is 4.03. The van der Waals surface area contributed by atoms with E-state index in [2.05, 4.69) is 5.10 Å². The van der Waals surface area contributed by atoms with Gasteiger partial charge in [0.05, 0.1) is 35.4 Å². The van der Waals surface area contributed by atoms with Gasteiger partial charge in [-0.1, -0.05) is 49.9 Å². The van der Waals surface area contributed by atoms with Crippen molar-refractivity contribution in [1.29, 1.82) is 0 Å². The molecule has 0 bridgehead atoms. The molecule has 1 atom stereocenters. The van der Waals surface area contributed by atoms with Crippen molar-refractivity contribution < 1.29 is 9.47 Å². The monoisotopic (exact) mass is 467 g/mol. The second-order valence-electron chi connectivity index (χ2n) is 8.55. The lowest BCUT2D eigenvalue weighted by atomic mass is 9.88. The molecule has 6 nitrogen and oxygen atoms in total. The number of methoxy groups -OCH3 is 1. The van der Waals surface area contributed by atoms with Crippen LogP contribution in [0.4, 0.5) is 0 Å². The van der Waals surface area contributed by atoms with E-state index < -0.39 is 0 Å². The lowest BCUT2D eigenvalue weighted by Gasteiger charge is -2.22. The Morgan fingerprint density at radius 3 is 2.73 bits per heavy atom. The zero-order valence-corrected chi connectivity index (χ0v) is 20.1. The number of aromatic nitrogens is 2. The maximum atomic E-state index is 13.4. The molecule has 2 aromatic carbocycles. The Bertz CT molecular complexity index is 1220.